The molecule has 0 unspecified atom stereocenters. The van der Waals surface area contributed by atoms with Crippen LogP contribution < -0.4 is 0 Å². The number of hydrogen-bond donors (Lipinski definition) is 0. The number of unbranched alkanes of at least 4 members (excludes halogenated alkanes) is 6. The van der Waals surface area contributed by atoms with E-state index in [4.69, 9.17) is 14.2 Å². The summed E-state index contributed by atoms with van der Waals surface area (Å²) in [7, 11) is 0. The first kappa shape index (κ1) is 20.7. The second-order valence-corrected chi connectivity index (χ2v) is 8.33. The number of esters is 1. The first-order valence-electron chi connectivity index (χ1n) is 10.4. The summed E-state index contributed by atoms with van der Waals surface area (Å²) in [6.45, 7) is 8.39. The highest BCUT2D eigenvalue weighted by molar-refractivity contribution is 5.69. The third-order valence-electron chi connectivity index (χ3n) is 6.26. The summed E-state index contributed by atoms with van der Waals surface area (Å²) in [5.74, 6) is -0.0349. The molecule has 0 spiro atoms. The molecule has 25 heavy (non-hydrogen) atoms. The van der Waals surface area contributed by atoms with Gasteiger partial charge in [0.05, 0.1) is 31.8 Å². The van der Waals surface area contributed by atoms with E-state index >= 15 is 0 Å². The minimum atomic E-state index is -0.0349. The fourth-order valence-corrected chi connectivity index (χ4v) is 3.66. The molecule has 4 nitrogen and oxygen atoms in total. The molecule has 0 bridgehead atoms. The number of carbonyl (C=O) groups excluding carboxylic acids is 1. The zero-order chi connectivity index (χ0) is 18.0. The lowest BCUT2D eigenvalue weighted by Gasteiger charge is -2.41. The van der Waals surface area contributed by atoms with Crippen molar-refractivity contribution in [3.63, 3.8) is 0 Å². The van der Waals surface area contributed by atoms with Crippen LogP contribution in [0, 0.1) is 10.8 Å². The summed E-state index contributed by atoms with van der Waals surface area (Å²) in [5, 5.41) is 0. The standard InChI is InChI=1S/C21H38O4/c1-3-20(14-23-15-20)13-11-9-7-5-6-8-10-12-19(22)25-18-21(4-2)16-24-17-21/h3-18H2,1-2H3. The highest BCUT2D eigenvalue weighted by atomic mass is 16.5. The van der Waals surface area contributed by atoms with E-state index in [-0.39, 0.29) is 11.4 Å². The van der Waals surface area contributed by atoms with Gasteiger partial charge in [-0.15, -0.1) is 0 Å². The zero-order valence-electron chi connectivity index (χ0n) is 16.4. The summed E-state index contributed by atoms with van der Waals surface area (Å²) >= 11 is 0. The second-order valence-electron chi connectivity index (χ2n) is 8.33. The van der Waals surface area contributed by atoms with Crippen LogP contribution in [0.15, 0.2) is 0 Å². The molecular formula is C21H38O4. The fourth-order valence-electron chi connectivity index (χ4n) is 3.66. The molecule has 146 valence electrons. The van der Waals surface area contributed by atoms with Crippen molar-refractivity contribution >= 4 is 5.97 Å². The molecule has 2 aliphatic heterocycles. The quantitative estimate of drug-likeness (QED) is 0.329. The highest BCUT2D eigenvalue weighted by Gasteiger charge is 2.38. The van der Waals surface area contributed by atoms with E-state index < -0.39 is 0 Å². The summed E-state index contributed by atoms with van der Waals surface area (Å²) in [5.41, 5.74) is 0.625. The van der Waals surface area contributed by atoms with E-state index in [0.717, 1.165) is 45.7 Å². The van der Waals surface area contributed by atoms with Gasteiger partial charge in [0.2, 0.25) is 0 Å². The average molecular weight is 355 g/mol. The van der Waals surface area contributed by atoms with Gasteiger partial charge in [0, 0.05) is 11.8 Å². The van der Waals surface area contributed by atoms with Crippen molar-refractivity contribution in [2.24, 2.45) is 10.8 Å². The molecular weight excluding hydrogens is 316 g/mol. The van der Waals surface area contributed by atoms with Gasteiger partial charge in [-0.1, -0.05) is 52.4 Å². The van der Waals surface area contributed by atoms with Crippen molar-refractivity contribution < 1.29 is 19.0 Å². The van der Waals surface area contributed by atoms with E-state index in [0.29, 0.717) is 18.4 Å². The Hall–Kier alpha value is -0.610. The fraction of sp³-hybridized carbons (Fsp3) is 0.952. The van der Waals surface area contributed by atoms with Gasteiger partial charge >= 0.3 is 5.97 Å². The summed E-state index contributed by atoms with van der Waals surface area (Å²) in [6.07, 6.45) is 12.8. The van der Waals surface area contributed by atoms with Crippen LogP contribution in [0.25, 0.3) is 0 Å². The van der Waals surface area contributed by atoms with E-state index in [1.807, 2.05) is 0 Å². The largest absolute Gasteiger partial charge is 0.465 e. The van der Waals surface area contributed by atoms with Crippen LogP contribution in [0.1, 0.15) is 84.5 Å². The van der Waals surface area contributed by atoms with Crippen LogP contribution in [-0.2, 0) is 19.0 Å². The zero-order valence-corrected chi connectivity index (χ0v) is 16.4. The molecule has 4 heteroatoms. The van der Waals surface area contributed by atoms with Crippen molar-refractivity contribution in [2.45, 2.75) is 84.5 Å². The monoisotopic (exact) mass is 354 g/mol. The molecule has 2 aliphatic rings. The van der Waals surface area contributed by atoms with E-state index in [2.05, 4.69) is 13.8 Å². The third-order valence-corrected chi connectivity index (χ3v) is 6.26. The predicted molar refractivity (Wildman–Crippen MR) is 99.6 cm³/mol. The number of ether oxygens (including phenoxy) is 3. The van der Waals surface area contributed by atoms with Crippen LogP contribution in [0.3, 0.4) is 0 Å². The molecule has 0 aromatic rings. The number of hydrogen-bond acceptors (Lipinski definition) is 4. The molecule has 0 saturated carbocycles. The Morgan fingerprint density at radius 3 is 1.80 bits per heavy atom. The topological polar surface area (TPSA) is 44.8 Å². The van der Waals surface area contributed by atoms with Gasteiger partial charge < -0.3 is 14.2 Å². The Bertz CT molecular complexity index is 374. The maximum atomic E-state index is 11.8. The van der Waals surface area contributed by atoms with Crippen molar-refractivity contribution in [1.82, 2.24) is 0 Å². The van der Waals surface area contributed by atoms with Gasteiger partial charge in [0.15, 0.2) is 0 Å². The maximum Gasteiger partial charge on any atom is 0.305 e. The molecule has 0 aromatic carbocycles. The first-order chi connectivity index (χ1) is 12.1. The van der Waals surface area contributed by atoms with Gasteiger partial charge in [0.1, 0.15) is 6.61 Å². The van der Waals surface area contributed by atoms with Crippen molar-refractivity contribution in [1.29, 1.82) is 0 Å². The Morgan fingerprint density at radius 2 is 1.32 bits per heavy atom. The number of carbonyl (C=O) groups is 1. The van der Waals surface area contributed by atoms with Crippen molar-refractivity contribution in [3.05, 3.63) is 0 Å². The Kier molecular flexibility index (Phi) is 8.71. The molecule has 2 saturated heterocycles. The second kappa shape index (κ2) is 10.5. The maximum absolute atomic E-state index is 11.8. The summed E-state index contributed by atoms with van der Waals surface area (Å²) < 4.78 is 16.1. The van der Waals surface area contributed by atoms with Gasteiger partial charge in [-0.3, -0.25) is 4.79 Å². The highest BCUT2D eigenvalue weighted by Crippen LogP contribution is 2.36. The molecule has 0 amide bonds. The SMILES string of the molecule is CCC1(CCCCCCCCCC(=O)OCC2(CC)COC2)COC1. The van der Waals surface area contributed by atoms with E-state index in [1.165, 1.54) is 44.9 Å². The lowest BCUT2D eigenvalue weighted by atomic mass is 9.78. The minimum Gasteiger partial charge on any atom is -0.465 e. The Balaban J connectivity index is 1.36. The molecule has 2 heterocycles. The van der Waals surface area contributed by atoms with Gasteiger partial charge in [0.25, 0.3) is 0 Å². The minimum absolute atomic E-state index is 0.0349. The molecule has 0 aromatic heterocycles. The average Bonchev–Trinajstić information content (AvgIpc) is 2.55. The third kappa shape index (κ3) is 6.56. The molecule has 0 N–H and O–H groups in total. The Morgan fingerprint density at radius 1 is 0.800 bits per heavy atom. The van der Waals surface area contributed by atoms with Crippen LogP contribution >= 0.6 is 0 Å². The molecule has 2 rings (SSSR count). The van der Waals surface area contributed by atoms with Crippen LogP contribution in [0.2, 0.25) is 0 Å². The Labute approximate surface area is 154 Å². The van der Waals surface area contributed by atoms with Crippen LogP contribution in [0.4, 0.5) is 0 Å². The van der Waals surface area contributed by atoms with Gasteiger partial charge in [-0.25, -0.2) is 0 Å². The van der Waals surface area contributed by atoms with Crippen molar-refractivity contribution in [2.75, 3.05) is 33.0 Å². The molecule has 2 fully saturated rings. The lowest BCUT2D eigenvalue weighted by Crippen LogP contribution is -2.46. The summed E-state index contributed by atoms with van der Waals surface area (Å²) in [6, 6.07) is 0. The summed E-state index contributed by atoms with van der Waals surface area (Å²) in [4.78, 5) is 11.8. The smallest absolute Gasteiger partial charge is 0.305 e. The van der Waals surface area contributed by atoms with E-state index in [9.17, 15) is 4.79 Å². The normalized spacial score (nSPS) is 20.6. The lowest BCUT2D eigenvalue weighted by molar-refractivity contribution is -0.170. The predicted octanol–water partition coefficient (Wildman–Crippen LogP) is 4.89. The van der Waals surface area contributed by atoms with Crippen LogP contribution in [-0.4, -0.2) is 39.0 Å². The van der Waals surface area contributed by atoms with E-state index in [1.54, 1.807) is 0 Å². The van der Waals surface area contributed by atoms with Gasteiger partial charge in [-0.05, 0) is 25.7 Å². The van der Waals surface area contributed by atoms with Crippen molar-refractivity contribution in [3.8, 4) is 0 Å². The van der Waals surface area contributed by atoms with Gasteiger partial charge in [-0.2, -0.15) is 0 Å². The first-order valence-corrected chi connectivity index (χ1v) is 10.4. The molecule has 0 atom stereocenters. The molecule has 0 radical (unpaired) electrons. The van der Waals surface area contributed by atoms with Crippen LogP contribution in [0.5, 0.6) is 0 Å². The molecule has 0 aliphatic carbocycles. The number of rotatable bonds is 14.